The average molecular weight is 441 g/mol. The van der Waals surface area contributed by atoms with Crippen molar-refractivity contribution >= 4 is 32.6 Å². The predicted molar refractivity (Wildman–Crippen MR) is 119 cm³/mol. The van der Waals surface area contributed by atoms with Crippen LogP contribution in [0, 0.1) is 5.82 Å². The van der Waals surface area contributed by atoms with Crippen molar-refractivity contribution in [1.29, 1.82) is 0 Å². The smallest absolute Gasteiger partial charge is 0.231 e. The standard InChI is InChI=1S/C21H21FN6O2S/c1-13(14-3-6-16(22)7-4-14)12-23-20-10-9-18(24-26-20)15-5-8-19-17(11-15)21(27-25-19)28-31(2,29)30/h3-11,13H,12H2,1-2H3,(H,23,26)(H2,25,27,28). The summed E-state index contributed by atoms with van der Waals surface area (Å²) in [6, 6.07) is 15.6. The highest BCUT2D eigenvalue weighted by Crippen LogP contribution is 2.27. The first-order valence-electron chi connectivity index (χ1n) is 9.58. The van der Waals surface area contributed by atoms with Crippen LogP contribution in [-0.4, -0.2) is 41.6 Å². The number of nitrogens with one attached hydrogen (secondary N) is 3. The van der Waals surface area contributed by atoms with Crippen molar-refractivity contribution in [3.8, 4) is 11.3 Å². The number of halogens is 1. The summed E-state index contributed by atoms with van der Waals surface area (Å²) in [6.07, 6.45) is 1.07. The summed E-state index contributed by atoms with van der Waals surface area (Å²) in [4.78, 5) is 0. The minimum Gasteiger partial charge on any atom is -0.368 e. The van der Waals surface area contributed by atoms with Crippen LogP contribution in [0.4, 0.5) is 16.0 Å². The van der Waals surface area contributed by atoms with E-state index in [1.54, 1.807) is 18.2 Å². The fraction of sp³-hybridized carbons (Fsp3) is 0.190. The molecule has 8 nitrogen and oxygen atoms in total. The Bertz CT molecular complexity index is 1300. The summed E-state index contributed by atoms with van der Waals surface area (Å²) >= 11 is 0. The zero-order chi connectivity index (χ0) is 22.0. The number of nitrogens with zero attached hydrogens (tertiary/aromatic N) is 3. The van der Waals surface area contributed by atoms with Gasteiger partial charge in [0.15, 0.2) is 5.82 Å². The second-order valence-electron chi connectivity index (χ2n) is 7.34. The normalized spacial score (nSPS) is 12.6. The molecule has 1 unspecified atom stereocenters. The molecule has 0 aliphatic rings. The molecular formula is C21H21FN6O2S. The molecule has 0 fully saturated rings. The zero-order valence-electron chi connectivity index (χ0n) is 16.9. The van der Waals surface area contributed by atoms with Gasteiger partial charge in [-0.1, -0.05) is 25.1 Å². The molecule has 0 saturated heterocycles. The van der Waals surface area contributed by atoms with Crippen LogP contribution >= 0.6 is 0 Å². The average Bonchev–Trinajstić information content (AvgIpc) is 3.13. The Morgan fingerprint density at radius 1 is 1.06 bits per heavy atom. The predicted octanol–water partition coefficient (Wildman–Crippen LogP) is 3.75. The first-order valence-corrected chi connectivity index (χ1v) is 11.5. The largest absolute Gasteiger partial charge is 0.368 e. The molecule has 0 amide bonds. The fourth-order valence-electron chi connectivity index (χ4n) is 3.17. The number of anilines is 2. The van der Waals surface area contributed by atoms with Crippen molar-refractivity contribution in [3.63, 3.8) is 0 Å². The number of hydrogen-bond acceptors (Lipinski definition) is 6. The van der Waals surface area contributed by atoms with Crippen LogP contribution in [-0.2, 0) is 10.0 Å². The lowest BCUT2D eigenvalue weighted by molar-refractivity contribution is 0.606. The molecule has 0 bridgehead atoms. The van der Waals surface area contributed by atoms with Gasteiger partial charge in [-0.3, -0.25) is 9.82 Å². The van der Waals surface area contributed by atoms with Crippen LogP contribution in [0.3, 0.4) is 0 Å². The minimum absolute atomic E-state index is 0.173. The Morgan fingerprint density at radius 3 is 2.52 bits per heavy atom. The molecule has 0 aliphatic heterocycles. The van der Waals surface area contributed by atoms with E-state index in [1.165, 1.54) is 12.1 Å². The number of aromatic nitrogens is 4. The highest BCUT2D eigenvalue weighted by molar-refractivity contribution is 7.92. The molecule has 10 heteroatoms. The Balaban J connectivity index is 1.48. The molecule has 2 aromatic heterocycles. The van der Waals surface area contributed by atoms with Gasteiger partial charge in [0.2, 0.25) is 10.0 Å². The SMILES string of the molecule is CC(CNc1ccc(-c2ccc3[nH]nc(NS(C)(=O)=O)c3c2)nn1)c1ccc(F)cc1. The van der Waals surface area contributed by atoms with Gasteiger partial charge in [0.25, 0.3) is 0 Å². The molecule has 0 spiro atoms. The maximum absolute atomic E-state index is 13.1. The van der Waals surface area contributed by atoms with E-state index in [2.05, 4.69) is 30.4 Å². The van der Waals surface area contributed by atoms with Gasteiger partial charge < -0.3 is 5.32 Å². The number of sulfonamides is 1. The first-order chi connectivity index (χ1) is 14.8. The van der Waals surface area contributed by atoms with E-state index in [1.807, 2.05) is 31.2 Å². The molecule has 4 rings (SSSR count). The van der Waals surface area contributed by atoms with E-state index in [0.29, 0.717) is 29.0 Å². The number of rotatable bonds is 7. The summed E-state index contributed by atoms with van der Waals surface area (Å²) < 4.78 is 38.5. The molecule has 4 aromatic rings. The Morgan fingerprint density at radius 2 is 1.84 bits per heavy atom. The maximum Gasteiger partial charge on any atom is 0.231 e. The molecular weight excluding hydrogens is 419 g/mol. The van der Waals surface area contributed by atoms with Crippen molar-refractivity contribution in [1.82, 2.24) is 20.4 Å². The molecule has 3 N–H and O–H groups in total. The highest BCUT2D eigenvalue weighted by Gasteiger charge is 2.12. The van der Waals surface area contributed by atoms with Crippen molar-refractivity contribution in [2.75, 3.05) is 22.8 Å². The Labute approximate surface area is 179 Å². The molecule has 31 heavy (non-hydrogen) atoms. The lowest BCUT2D eigenvalue weighted by Crippen LogP contribution is -2.11. The van der Waals surface area contributed by atoms with Crippen LogP contribution in [0.2, 0.25) is 0 Å². The van der Waals surface area contributed by atoms with Crippen LogP contribution in [0.25, 0.3) is 22.2 Å². The van der Waals surface area contributed by atoms with Crippen LogP contribution in [0.1, 0.15) is 18.4 Å². The third-order valence-corrected chi connectivity index (χ3v) is 5.40. The van der Waals surface area contributed by atoms with E-state index in [-0.39, 0.29) is 17.6 Å². The highest BCUT2D eigenvalue weighted by atomic mass is 32.2. The lowest BCUT2D eigenvalue weighted by atomic mass is 10.0. The van der Waals surface area contributed by atoms with Crippen molar-refractivity contribution in [2.24, 2.45) is 0 Å². The van der Waals surface area contributed by atoms with Gasteiger partial charge in [-0.05, 0) is 47.9 Å². The van der Waals surface area contributed by atoms with Crippen molar-refractivity contribution in [3.05, 3.63) is 66.0 Å². The zero-order valence-corrected chi connectivity index (χ0v) is 17.7. The van der Waals surface area contributed by atoms with Gasteiger partial charge in [0.05, 0.1) is 17.5 Å². The Hall–Kier alpha value is -3.53. The second-order valence-corrected chi connectivity index (χ2v) is 9.09. The summed E-state index contributed by atoms with van der Waals surface area (Å²) in [5.41, 5.74) is 3.16. The van der Waals surface area contributed by atoms with E-state index in [4.69, 9.17) is 0 Å². The number of fused-ring (bicyclic) bond motifs is 1. The third kappa shape index (κ3) is 4.97. The van der Waals surface area contributed by atoms with E-state index in [0.717, 1.165) is 17.4 Å². The van der Waals surface area contributed by atoms with Crippen molar-refractivity contribution < 1.29 is 12.8 Å². The van der Waals surface area contributed by atoms with Crippen LogP contribution in [0.5, 0.6) is 0 Å². The van der Waals surface area contributed by atoms with Gasteiger partial charge in [0.1, 0.15) is 11.6 Å². The van der Waals surface area contributed by atoms with Crippen LogP contribution in [0.15, 0.2) is 54.6 Å². The summed E-state index contributed by atoms with van der Waals surface area (Å²) in [5, 5.41) is 19.2. The van der Waals surface area contributed by atoms with Gasteiger partial charge in [-0.15, -0.1) is 10.2 Å². The molecule has 2 aromatic carbocycles. The van der Waals surface area contributed by atoms with E-state index >= 15 is 0 Å². The van der Waals surface area contributed by atoms with Gasteiger partial charge >= 0.3 is 0 Å². The van der Waals surface area contributed by atoms with Crippen LogP contribution < -0.4 is 10.0 Å². The lowest BCUT2D eigenvalue weighted by Gasteiger charge is -2.13. The second kappa shape index (κ2) is 8.31. The molecule has 1 atom stereocenters. The number of H-pyrrole nitrogens is 1. The van der Waals surface area contributed by atoms with Gasteiger partial charge in [-0.2, -0.15) is 5.10 Å². The number of benzene rings is 2. The quantitative estimate of drug-likeness (QED) is 0.403. The fourth-order valence-corrected chi connectivity index (χ4v) is 3.68. The monoisotopic (exact) mass is 440 g/mol. The third-order valence-electron chi connectivity index (χ3n) is 4.83. The molecule has 2 heterocycles. The van der Waals surface area contributed by atoms with E-state index < -0.39 is 10.0 Å². The minimum atomic E-state index is -3.44. The van der Waals surface area contributed by atoms with E-state index in [9.17, 15) is 12.8 Å². The molecule has 160 valence electrons. The topological polar surface area (TPSA) is 113 Å². The van der Waals surface area contributed by atoms with Crippen molar-refractivity contribution in [2.45, 2.75) is 12.8 Å². The van der Waals surface area contributed by atoms with Gasteiger partial charge in [-0.25, -0.2) is 12.8 Å². The summed E-state index contributed by atoms with van der Waals surface area (Å²) in [6.45, 7) is 2.67. The van der Waals surface area contributed by atoms with Gasteiger partial charge in [0, 0.05) is 17.5 Å². The summed E-state index contributed by atoms with van der Waals surface area (Å²) in [7, 11) is -3.44. The number of hydrogen-bond donors (Lipinski definition) is 3. The molecule has 0 radical (unpaired) electrons. The summed E-state index contributed by atoms with van der Waals surface area (Å²) in [5.74, 6) is 0.784. The molecule has 0 saturated carbocycles. The maximum atomic E-state index is 13.1. The first kappa shape index (κ1) is 20.7. The molecule has 0 aliphatic carbocycles. The number of aromatic amines is 1. The Kier molecular flexibility index (Phi) is 5.55.